The van der Waals surface area contributed by atoms with Crippen molar-refractivity contribution in [1.82, 2.24) is 9.78 Å². The van der Waals surface area contributed by atoms with Gasteiger partial charge in [0.15, 0.2) is 11.5 Å². The highest BCUT2D eigenvalue weighted by Crippen LogP contribution is 2.44. The maximum absolute atomic E-state index is 13.2. The van der Waals surface area contributed by atoms with Gasteiger partial charge in [-0.1, -0.05) is 23.7 Å². The minimum Gasteiger partial charge on any atom is -0.493 e. The summed E-state index contributed by atoms with van der Waals surface area (Å²) < 4.78 is 12.5. The zero-order valence-electron chi connectivity index (χ0n) is 17.5. The van der Waals surface area contributed by atoms with Crippen LogP contribution in [-0.4, -0.2) is 34.2 Å². The van der Waals surface area contributed by atoms with Gasteiger partial charge in [0.2, 0.25) is 0 Å². The van der Waals surface area contributed by atoms with Crippen molar-refractivity contribution in [2.45, 2.75) is 36.0 Å². The van der Waals surface area contributed by atoms with Crippen LogP contribution < -0.4 is 15.0 Å². The SMILES string of the molecule is COc1cc(-n2ncc3c(c2=O)SC(c2ccc(Cl)cc2)C3)ccc1OCC(C)(C)O. The van der Waals surface area contributed by atoms with E-state index in [0.717, 1.165) is 17.5 Å². The van der Waals surface area contributed by atoms with E-state index < -0.39 is 5.60 Å². The molecule has 0 radical (unpaired) electrons. The average molecular weight is 459 g/mol. The van der Waals surface area contributed by atoms with Crippen LogP contribution in [0.1, 0.15) is 30.2 Å². The number of aliphatic hydroxyl groups is 1. The number of nitrogens with zero attached hydrogens (tertiary/aromatic N) is 2. The molecule has 0 saturated carbocycles. The lowest BCUT2D eigenvalue weighted by Crippen LogP contribution is -2.28. The van der Waals surface area contributed by atoms with Gasteiger partial charge in [-0.15, -0.1) is 11.8 Å². The minimum atomic E-state index is -0.972. The molecule has 1 N–H and O–H groups in total. The molecule has 1 aromatic heterocycles. The Hall–Kier alpha value is -2.48. The molecule has 31 heavy (non-hydrogen) atoms. The number of aromatic nitrogens is 2. The molecule has 1 aliphatic heterocycles. The molecule has 3 aromatic rings. The summed E-state index contributed by atoms with van der Waals surface area (Å²) in [6.07, 6.45) is 2.50. The van der Waals surface area contributed by atoms with E-state index in [1.54, 1.807) is 50.0 Å². The fraction of sp³-hybridized carbons (Fsp3) is 0.304. The summed E-state index contributed by atoms with van der Waals surface area (Å²) in [7, 11) is 1.53. The predicted octanol–water partition coefficient (Wildman–Crippen LogP) is 4.43. The minimum absolute atomic E-state index is 0.114. The summed E-state index contributed by atoms with van der Waals surface area (Å²) in [5.74, 6) is 0.947. The Morgan fingerprint density at radius 1 is 1.23 bits per heavy atom. The van der Waals surface area contributed by atoms with E-state index in [0.29, 0.717) is 27.1 Å². The molecule has 0 fully saturated rings. The molecule has 0 amide bonds. The lowest BCUT2D eigenvalue weighted by molar-refractivity contribution is 0.0276. The van der Waals surface area contributed by atoms with Gasteiger partial charge in [-0.3, -0.25) is 4.79 Å². The molecule has 2 aromatic carbocycles. The highest BCUT2D eigenvalue weighted by molar-refractivity contribution is 7.99. The summed E-state index contributed by atoms with van der Waals surface area (Å²) in [5, 5.41) is 15.1. The van der Waals surface area contributed by atoms with Gasteiger partial charge in [-0.25, -0.2) is 0 Å². The number of fused-ring (bicyclic) bond motifs is 1. The van der Waals surface area contributed by atoms with Crippen molar-refractivity contribution in [3.63, 3.8) is 0 Å². The zero-order valence-corrected chi connectivity index (χ0v) is 19.0. The van der Waals surface area contributed by atoms with E-state index in [9.17, 15) is 9.90 Å². The zero-order chi connectivity index (χ0) is 22.2. The van der Waals surface area contributed by atoms with Gasteiger partial charge in [-0.2, -0.15) is 9.78 Å². The molecular weight excluding hydrogens is 436 g/mol. The van der Waals surface area contributed by atoms with Crippen molar-refractivity contribution in [3.8, 4) is 17.2 Å². The second-order valence-corrected chi connectivity index (χ2v) is 9.66. The van der Waals surface area contributed by atoms with E-state index >= 15 is 0 Å². The van der Waals surface area contributed by atoms with Gasteiger partial charge in [0.1, 0.15) is 6.61 Å². The topological polar surface area (TPSA) is 73.6 Å². The number of hydrogen-bond acceptors (Lipinski definition) is 6. The first kappa shape index (κ1) is 21.7. The van der Waals surface area contributed by atoms with E-state index in [1.807, 2.05) is 24.3 Å². The molecule has 6 nitrogen and oxygen atoms in total. The van der Waals surface area contributed by atoms with E-state index in [1.165, 1.54) is 11.8 Å². The second-order valence-electron chi connectivity index (χ2n) is 8.01. The van der Waals surface area contributed by atoms with Crippen LogP contribution in [-0.2, 0) is 6.42 Å². The first-order chi connectivity index (χ1) is 14.7. The van der Waals surface area contributed by atoms with Crippen molar-refractivity contribution in [2.24, 2.45) is 0 Å². The maximum atomic E-state index is 13.2. The molecule has 1 atom stereocenters. The molecule has 1 aliphatic rings. The molecule has 2 heterocycles. The smallest absolute Gasteiger partial charge is 0.285 e. The number of rotatable bonds is 6. The Morgan fingerprint density at radius 2 is 1.97 bits per heavy atom. The summed E-state index contributed by atoms with van der Waals surface area (Å²) >= 11 is 7.55. The van der Waals surface area contributed by atoms with Crippen molar-refractivity contribution in [3.05, 3.63) is 75.2 Å². The first-order valence-corrected chi connectivity index (χ1v) is 11.1. The molecule has 162 valence electrons. The Bertz CT molecular complexity index is 1160. The average Bonchev–Trinajstić information content (AvgIpc) is 3.18. The number of ether oxygens (including phenoxy) is 2. The van der Waals surface area contributed by atoms with Crippen molar-refractivity contribution >= 4 is 23.4 Å². The summed E-state index contributed by atoms with van der Waals surface area (Å²) in [4.78, 5) is 13.9. The molecule has 0 saturated heterocycles. The lowest BCUT2D eigenvalue weighted by atomic mass is 10.1. The van der Waals surface area contributed by atoms with Gasteiger partial charge in [-0.05, 0) is 55.7 Å². The van der Waals surface area contributed by atoms with Crippen LogP contribution in [0.2, 0.25) is 5.02 Å². The highest BCUT2D eigenvalue weighted by atomic mass is 35.5. The van der Waals surface area contributed by atoms with Crippen molar-refractivity contribution in [2.75, 3.05) is 13.7 Å². The van der Waals surface area contributed by atoms with Crippen molar-refractivity contribution < 1.29 is 14.6 Å². The standard InChI is InChI=1S/C23H23ClN2O4S/c1-23(2,28)13-30-18-9-8-17(11-19(18)29-3)26-22(27)21-15(12-25-26)10-20(31-21)14-4-6-16(24)7-5-14/h4-9,11-12,20,28H,10,13H2,1-3H3. The van der Waals surface area contributed by atoms with Gasteiger partial charge in [0.25, 0.3) is 5.56 Å². The molecule has 0 aliphatic carbocycles. The summed E-state index contributed by atoms with van der Waals surface area (Å²) in [5.41, 5.74) is 1.52. The van der Waals surface area contributed by atoms with Gasteiger partial charge in [0.05, 0.1) is 29.5 Å². The maximum Gasteiger partial charge on any atom is 0.285 e. The molecule has 0 bridgehead atoms. The third kappa shape index (κ3) is 4.74. The van der Waals surface area contributed by atoms with E-state index in [4.69, 9.17) is 21.1 Å². The van der Waals surface area contributed by atoms with Crippen molar-refractivity contribution in [1.29, 1.82) is 0 Å². The van der Waals surface area contributed by atoms with Gasteiger partial charge < -0.3 is 14.6 Å². The second kappa shape index (κ2) is 8.57. The molecule has 1 unspecified atom stereocenters. The summed E-state index contributed by atoms with van der Waals surface area (Å²) in [6.45, 7) is 3.44. The van der Waals surface area contributed by atoms with Crippen LogP contribution in [0.4, 0.5) is 0 Å². The van der Waals surface area contributed by atoms with Crippen LogP contribution in [0.25, 0.3) is 5.69 Å². The largest absolute Gasteiger partial charge is 0.493 e. The Labute approximate surface area is 189 Å². The number of thioether (sulfide) groups is 1. The number of hydrogen-bond donors (Lipinski definition) is 1. The fourth-order valence-corrected chi connectivity index (χ4v) is 4.78. The lowest BCUT2D eigenvalue weighted by Gasteiger charge is -2.19. The van der Waals surface area contributed by atoms with Crippen LogP contribution in [0.15, 0.2) is 58.4 Å². The van der Waals surface area contributed by atoms with E-state index in [-0.39, 0.29) is 17.4 Å². The molecular formula is C23H23ClN2O4S. The first-order valence-electron chi connectivity index (χ1n) is 9.82. The Balaban J connectivity index is 1.62. The molecule has 0 spiro atoms. The van der Waals surface area contributed by atoms with Gasteiger partial charge in [0, 0.05) is 16.3 Å². The third-order valence-electron chi connectivity index (χ3n) is 4.89. The van der Waals surface area contributed by atoms with Crippen LogP contribution in [0, 0.1) is 0 Å². The van der Waals surface area contributed by atoms with Crippen LogP contribution >= 0.6 is 23.4 Å². The van der Waals surface area contributed by atoms with Gasteiger partial charge >= 0.3 is 0 Å². The van der Waals surface area contributed by atoms with Crippen LogP contribution in [0.5, 0.6) is 11.5 Å². The highest BCUT2D eigenvalue weighted by Gasteiger charge is 2.28. The number of benzene rings is 2. The summed E-state index contributed by atoms with van der Waals surface area (Å²) in [6, 6.07) is 12.9. The number of halogens is 1. The van der Waals surface area contributed by atoms with E-state index in [2.05, 4.69) is 5.10 Å². The molecule has 8 heteroatoms. The normalized spacial score (nSPS) is 15.6. The monoisotopic (exact) mass is 458 g/mol. The third-order valence-corrected chi connectivity index (χ3v) is 6.54. The molecule has 4 rings (SSSR count). The quantitative estimate of drug-likeness (QED) is 0.589. The predicted molar refractivity (Wildman–Crippen MR) is 122 cm³/mol. The van der Waals surface area contributed by atoms with Crippen LogP contribution in [0.3, 0.4) is 0 Å². The number of methoxy groups -OCH3 is 1. The fourth-order valence-electron chi connectivity index (χ4n) is 3.34. The Kier molecular flexibility index (Phi) is 6.01. The Morgan fingerprint density at radius 3 is 2.65 bits per heavy atom.